The van der Waals surface area contributed by atoms with Crippen LogP contribution in [0.1, 0.15) is 51.7 Å². The predicted molar refractivity (Wildman–Crippen MR) is 150 cm³/mol. The summed E-state index contributed by atoms with van der Waals surface area (Å²) >= 11 is 1.82. The molecule has 0 saturated heterocycles. The van der Waals surface area contributed by atoms with Crippen molar-refractivity contribution in [3.8, 4) is 23.0 Å². The van der Waals surface area contributed by atoms with E-state index in [2.05, 4.69) is 9.97 Å². The summed E-state index contributed by atoms with van der Waals surface area (Å²) in [5.74, 6) is -5.45. The van der Waals surface area contributed by atoms with Crippen LogP contribution in [0.5, 0.6) is 23.0 Å². The molecular weight excluding hydrogens is 614 g/mol. The van der Waals surface area contributed by atoms with Crippen LogP contribution >= 0.6 is 22.7 Å². The maximum atomic E-state index is 15.3. The number of carbonyl (C=O) groups is 4. The number of thiazole rings is 2. The summed E-state index contributed by atoms with van der Waals surface area (Å²) in [6.07, 6.45) is -1.14. The van der Waals surface area contributed by atoms with Gasteiger partial charge in [0.25, 0.3) is 0 Å². The van der Waals surface area contributed by atoms with Gasteiger partial charge in [0.05, 0.1) is 49.7 Å². The summed E-state index contributed by atoms with van der Waals surface area (Å²) in [4.78, 5) is 54.1. The van der Waals surface area contributed by atoms with Gasteiger partial charge in [0, 0.05) is 31.4 Å². The zero-order valence-electron chi connectivity index (χ0n) is 22.7. The first kappa shape index (κ1) is 31.5. The fraction of sp³-hybridized carbons (Fsp3) is 0.333. The number of rotatable bonds is 16. The second-order valence-electron chi connectivity index (χ2n) is 8.86. The number of halogens is 2. The maximum Gasteiger partial charge on any atom is 0.303 e. The first-order chi connectivity index (χ1) is 20.5. The Balaban J connectivity index is 1.43. The summed E-state index contributed by atoms with van der Waals surface area (Å²) < 4.78 is 52.9. The van der Waals surface area contributed by atoms with E-state index in [0.717, 1.165) is 22.7 Å². The van der Waals surface area contributed by atoms with Crippen LogP contribution in [0.25, 0.3) is 20.4 Å². The molecule has 0 bridgehead atoms. The molecule has 4 rings (SSSR count). The van der Waals surface area contributed by atoms with E-state index >= 15 is 8.78 Å². The number of ether oxygens (including phenoxy) is 4. The van der Waals surface area contributed by atoms with Gasteiger partial charge < -0.3 is 29.2 Å². The molecule has 0 amide bonds. The van der Waals surface area contributed by atoms with Crippen LogP contribution < -0.4 is 18.9 Å². The number of Topliss-reactive ketones (excluding diaryl/α,β-unsaturated/α-hetero) is 2. The number of aliphatic carboxylic acids is 2. The zero-order chi connectivity index (χ0) is 31.3. The quantitative estimate of drug-likeness (QED) is 0.122. The van der Waals surface area contributed by atoms with Crippen molar-refractivity contribution in [2.75, 3.05) is 27.4 Å². The molecule has 12 nitrogen and oxygen atoms in total. The standard InChI is InChI=1S/C27H24F2N2O10S2/c1-38-14-10-16-22(30-26(42-16)12(32)4-6-18(34)35)20(28)24(14)40-8-3-9-41-25-15(39-2)11-17-23(21(25)29)31-27(43-17)13(33)5-7-19(36)37/h10-11H,3-9H2,1-2H3,(H,34,35)(H,36,37). The first-order valence-corrected chi connectivity index (χ1v) is 14.3. The lowest BCUT2D eigenvalue weighted by atomic mass is 10.2. The third-order valence-electron chi connectivity index (χ3n) is 5.92. The number of ketones is 2. The molecular formula is C27H24F2N2O10S2. The highest BCUT2D eigenvalue weighted by atomic mass is 32.1. The summed E-state index contributed by atoms with van der Waals surface area (Å²) in [6.45, 7) is -0.170. The van der Waals surface area contributed by atoms with Gasteiger partial charge in [0.2, 0.25) is 0 Å². The van der Waals surface area contributed by atoms with Crippen molar-refractivity contribution in [2.45, 2.75) is 32.1 Å². The third kappa shape index (κ3) is 7.14. The van der Waals surface area contributed by atoms with Crippen LogP contribution in [-0.2, 0) is 9.59 Å². The largest absolute Gasteiger partial charge is 0.493 e. The molecule has 0 aliphatic carbocycles. The Hall–Kier alpha value is -4.44. The Bertz CT molecular complexity index is 1600. The van der Waals surface area contributed by atoms with Crippen molar-refractivity contribution in [1.82, 2.24) is 9.97 Å². The molecule has 0 unspecified atom stereocenters. The summed E-state index contributed by atoms with van der Waals surface area (Å²) in [5, 5.41) is 17.5. The highest BCUT2D eigenvalue weighted by Crippen LogP contribution is 2.40. The molecule has 0 radical (unpaired) electrons. The zero-order valence-corrected chi connectivity index (χ0v) is 24.4. The molecule has 0 atom stereocenters. The number of carboxylic acids is 2. The predicted octanol–water partition coefficient (Wildman–Crippen LogP) is 5.14. The van der Waals surface area contributed by atoms with E-state index in [-0.39, 0.29) is 89.4 Å². The van der Waals surface area contributed by atoms with Crippen LogP contribution in [-0.4, -0.2) is 71.1 Å². The number of benzene rings is 2. The molecule has 0 spiro atoms. The topological polar surface area (TPSA) is 171 Å². The first-order valence-electron chi connectivity index (χ1n) is 12.6. The smallest absolute Gasteiger partial charge is 0.303 e. The Labute approximate surface area is 249 Å². The number of nitrogens with zero attached hydrogens (tertiary/aromatic N) is 2. The molecule has 0 fully saturated rings. The molecule has 2 N–H and O–H groups in total. The van der Waals surface area contributed by atoms with E-state index in [1.807, 2.05) is 0 Å². The highest BCUT2D eigenvalue weighted by Gasteiger charge is 2.24. The summed E-state index contributed by atoms with van der Waals surface area (Å²) in [7, 11) is 2.62. The molecule has 2 heterocycles. The lowest BCUT2D eigenvalue weighted by Gasteiger charge is -2.14. The molecule has 16 heteroatoms. The highest BCUT2D eigenvalue weighted by molar-refractivity contribution is 7.20. The second-order valence-corrected chi connectivity index (χ2v) is 10.9. The van der Waals surface area contributed by atoms with E-state index in [1.54, 1.807) is 0 Å². The molecule has 2 aromatic carbocycles. The van der Waals surface area contributed by atoms with Gasteiger partial charge in [-0.25, -0.2) is 18.7 Å². The molecule has 4 aromatic rings. The Morgan fingerprint density at radius 1 is 0.721 bits per heavy atom. The van der Waals surface area contributed by atoms with Crippen molar-refractivity contribution < 1.29 is 57.1 Å². The number of methoxy groups -OCH3 is 2. The van der Waals surface area contributed by atoms with Crippen LogP contribution in [0.15, 0.2) is 12.1 Å². The minimum Gasteiger partial charge on any atom is -0.493 e. The van der Waals surface area contributed by atoms with Gasteiger partial charge in [-0.05, 0) is 0 Å². The van der Waals surface area contributed by atoms with Crippen LogP contribution in [0, 0.1) is 11.6 Å². The van der Waals surface area contributed by atoms with Gasteiger partial charge in [-0.1, -0.05) is 0 Å². The van der Waals surface area contributed by atoms with Crippen LogP contribution in [0.4, 0.5) is 8.78 Å². The van der Waals surface area contributed by atoms with Gasteiger partial charge in [0.1, 0.15) is 11.0 Å². The number of aromatic nitrogens is 2. The van der Waals surface area contributed by atoms with Crippen LogP contribution in [0.3, 0.4) is 0 Å². The van der Waals surface area contributed by atoms with Gasteiger partial charge in [-0.2, -0.15) is 0 Å². The van der Waals surface area contributed by atoms with Crippen LogP contribution in [0.2, 0.25) is 0 Å². The Morgan fingerprint density at radius 2 is 1.12 bits per heavy atom. The molecule has 43 heavy (non-hydrogen) atoms. The maximum absolute atomic E-state index is 15.3. The fourth-order valence-electron chi connectivity index (χ4n) is 3.85. The van der Waals surface area contributed by atoms with Gasteiger partial charge in [-0.3, -0.25) is 19.2 Å². The molecule has 228 valence electrons. The van der Waals surface area contributed by atoms with E-state index < -0.39 is 35.1 Å². The number of hydrogen-bond acceptors (Lipinski definition) is 12. The monoisotopic (exact) mass is 638 g/mol. The normalized spacial score (nSPS) is 11.1. The van der Waals surface area contributed by atoms with Crippen molar-refractivity contribution >= 4 is 66.6 Å². The minimum atomic E-state index is -1.14. The Morgan fingerprint density at radius 3 is 1.47 bits per heavy atom. The number of fused-ring (bicyclic) bond motifs is 2. The third-order valence-corrected chi connectivity index (χ3v) is 8.01. The number of hydrogen-bond donors (Lipinski definition) is 2. The number of carboxylic acid groups (broad SMARTS) is 2. The summed E-state index contributed by atoms with van der Waals surface area (Å²) in [6, 6.07) is 2.92. The molecule has 2 aromatic heterocycles. The Kier molecular flexibility index (Phi) is 10.0. The SMILES string of the molecule is COc1cc2sc(C(=O)CCC(=O)O)nc2c(F)c1OCCCOc1c(OC)cc2sc(C(=O)CCC(=O)O)nc2c1F. The number of carbonyl (C=O) groups excluding carboxylic acids is 2. The van der Waals surface area contributed by atoms with E-state index in [9.17, 15) is 19.2 Å². The van der Waals surface area contributed by atoms with Crippen molar-refractivity contribution in [3.63, 3.8) is 0 Å². The molecule has 0 aliphatic rings. The van der Waals surface area contributed by atoms with E-state index in [4.69, 9.17) is 29.2 Å². The van der Waals surface area contributed by atoms with E-state index in [0.29, 0.717) is 9.40 Å². The van der Waals surface area contributed by atoms with E-state index in [1.165, 1.54) is 26.4 Å². The lowest BCUT2D eigenvalue weighted by Crippen LogP contribution is -2.08. The average molecular weight is 639 g/mol. The minimum absolute atomic E-state index is 0.0347. The van der Waals surface area contributed by atoms with Gasteiger partial charge in [-0.15, -0.1) is 22.7 Å². The second kappa shape index (κ2) is 13.7. The van der Waals surface area contributed by atoms with Gasteiger partial charge in [0.15, 0.2) is 56.2 Å². The van der Waals surface area contributed by atoms with Crippen molar-refractivity contribution in [2.24, 2.45) is 0 Å². The van der Waals surface area contributed by atoms with Gasteiger partial charge >= 0.3 is 11.9 Å². The lowest BCUT2D eigenvalue weighted by molar-refractivity contribution is -0.137. The molecule has 0 saturated carbocycles. The van der Waals surface area contributed by atoms with Crippen molar-refractivity contribution in [1.29, 1.82) is 0 Å². The molecule has 0 aliphatic heterocycles. The van der Waals surface area contributed by atoms with Crippen molar-refractivity contribution in [3.05, 3.63) is 33.8 Å². The fourth-order valence-corrected chi connectivity index (χ4v) is 5.77. The average Bonchev–Trinajstić information content (AvgIpc) is 3.61. The summed E-state index contributed by atoms with van der Waals surface area (Å²) in [5.41, 5.74) is -0.250.